The van der Waals surface area contributed by atoms with Crippen molar-refractivity contribution >= 4 is 17.5 Å². The Kier molecular flexibility index (Phi) is 6.18. The van der Waals surface area contributed by atoms with Crippen molar-refractivity contribution in [3.63, 3.8) is 0 Å². The lowest BCUT2D eigenvalue weighted by atomic mass is 10.2. The minimum Gasteiger partial charge on any atom is -0.366 e. The van der Waals surface area contributed by atoms with Gasteiger partial charge in [-0.2, -0.15) is 4.98 Å². The maximum Gasteiger partial charge on any atom is 0.269 e. The van der Waals surface area contributed by atoms with Gasteiger partial charge in [0.05, 0.1) is 10.6 Å². The molecule has 3 rings (SSSR count). The summed E-state index contributed by atoms with van der Waals surface area (Å²) in [6.45, 7) is 2.30. The van der Waals surface area contributed by atoms with E-state index in [-0.39, 0.29) is 10.6 Å². The Morgan fingerprint density at radius 2 is 2.04 bits per heavy atom. The SMILES string of the molecule is CN(C)CCCNc1nc(NCc2cccc([N+](=O)[O-])c2)cc(C2CC2)n1. The number of nitrogens with zero attached hydrogens (tertiary/aromatic N) is 4. The van der Waals surface area contributed by atoms with Gasteiger partial charge in [0.25, 0.3) is 5.69 Å². The van der Waals surface area contributed by atoms with Crippen LogP contribution in [0.4, 0.5) is 17.5 Å². The first-order valence-electron chi connectivity index (χ1n) is 9.26. The third-order valence-electron chi connectivity index (χ3n) is 4.40. The van der Waals surface area contributed by atoms with Crippen molar-refractivity contribution in [3.8, 4) is 0 Å². The summed E-state index contributed by atoms with van der Waals surface area (Å²) in [6, 6.07) is 8.62. The van der Waals surface area contributed by atoms with E-state index in [2.05, 4.69) is 39.6 Å². The second-order valence-electron chi connectivity index (χ2n) is 7.14. The molecule has 27 heavy (non-hydrogen) atoms. The van der Waals surface area contributed by atoms with Crippen LogP contribution in [0.25, 0.3) is 0 Å². The minimum absolute atomic E-state index is 0.0962. The van der Waals surface area contributed by atoms with E-state index in [0.29, 0.717) is 18.4 Å². The number of nitro groups is 1. The molecule has 1 aliphatic rings. The fraction of sp³-hybridized carbons (Fsp3) is 0.474. The molecular weight excluding hydrogens is 344 g/mol. The topological polar surface area (TPSA) is 96.2 Å². The molecule has 0 spiro atoms. The van der Waals surface area contributed by atoms with Gasteiger partial charge in [0.1, 0.15) is 5.82 Å². The summed E-state index contributed by atoms with van der Waals surface area (Å²) in [5.74, 6) is 1.90. The highest BCUT2D eigenvalue weighted by Crippen LogP contribution is 2.39. The van der Waals surface area contributed by atoms with Crippen LogP contribution in [0.15, 0.2) is 30.3 Å². The van der Waals surface area contributed by atoms with E-state index in [1.54, 1.807) is 12.1 Å². The molecule has 0 amide bonds. The standard InChI is InChI=1S/C19H26N6O2/c1-24(2)10-4-9-20-19-22-17(15-7-8-15)12-18(23-19)21-13-14-5-3-6-16(11-14)25(26)27/h3,5-6,11-12,15H,4,7-10,13H2,1-2H3,(H2,20,21,22,23). The van der Waals surface area contributed by atoms with E-state index in [0.717, 1.165) is 36.6 Å². The molecule has 0 radical (unpaired) electrons. The van der Waals surface area contributed by atoms with Gasteiger partial charge in [0.15, 0.2) is 0 Å². The van der Waals surface area contributed by atoms with Gasteiger partial charge in [0, 0.05) is 37.2 Å². The first-order valence-corrected chi connectivity index (χ1v) is 9.26. The third kappa shape index (κ3) is 5.89. The zero-order valence-electron chi connectivity index (χ0n) is 15.8. The number of non-ortho nitro benzene ring substituents is 1. The highest BCUT2D eigenvalue weighted by molar-refractivity contribution is 5.45. The molecule has 1 aliphatic carbocycles. The monoisotopic (exact) mass is 370 g/mol. The summed E-state index contributed by atoms with van der Waals surface area (Å²) in [4.78, 5) is 21.9. The number of nitro benzene ring substituents is 1. The number of hydrogen-bond donors (Lipinski definition) is 2. The van der Waals surface area contributed by atoms with E-state index in [4.69, 9.17) is 0 Å². The van der Waals surface area contributed by atoms with E-state index < -0.39 is 0 Å². The normalized spacial score (nSPS) is 13.6. The molecule has 0 atom stereocenters. The Morgan fingerprint density at radius 1 is 1.22 bits per heavy atom. The van der Waals surface area contributed by atoms with Crippen molar-refractivity contribution < 1.29 is 4.92 Å². The molecule has 0 aliphatic heterocycles. The Balaban J connectivity index is 1.65. The zero-order chi connectivity index (χ0) is 19.2. The van der Waals surface area contributed by atoms with Crippen LogP contribution >= 0.6 is 0 Å². The minimum atomic E-state index is -0.380. The summed E-state index contributed by atoms with van der Waals surface area (Å²) in [5, 5.41) is 17.5. The number of benzene rings is 1. The maximum atomic E-state index is 10.9. The number of anilines is 2. The van der Waals surface area contributed by atoms with Crippen LogP contribution in [0.1, 0.15) is 36.4 Å². The fourth-order valence-electron chi connectivity index (χ4n) is 2.79. The van der Waals surface area contributed by atoms with E-state index >= 15 is 0 Å². The molecule has 8 nitrogen and oxygen atoms in total. The van der Waals surface area contributed by atoms with Gasteiger partial charge >= 0.3 is 0 Å². The Bertz CT molecular complexity index is 792. The van der Waals surface area contributed by atoms with Gasteiger partial charge in [-0.1, -0.05) is 12.1 Å². The van der Waals surface area contributed by atoms with Crippen LogP contribution in [0.2, 0.25) is 0 Å². The maximum absolute atomic E-state index is 10.9. The smallest absolute Gasteiger partial charge is 0.269 e. The van der Waals surface area contributed by atoms with Crippen LogP contribution in [0.5, 0.6) is 0 Å². The molecule has 2 N–H and O–H groups in total. The molecule has 0 unspecified atom stereocenters. The number of rotatable bonds is 10. The largest absolute Gasteiger partial charge is 0.366 e. The molecule has 1 heterocycles. The predicted molar refractivity (Wildman–Crippen MR) is 106 cm³/mol. The van der Waals surface area contributed by atoms with Crippen LogP contribution in [-0.4, -0.2) is 47.0 Å². The highest BCUT2D eigenvalue weighted by atomic mass is 16.6. The summed E-state index contributed by atoms with van der Waals surface area (Å²) in [7, 11) is 4.11. The number of hydrogen-bond acceptors (Lipinski definition) is 7. The summed E-state index contributed by atoms with van der Waals surface area (Å²) in [5.41, 5.74) is 2.00. The highest BCUT2D eigenvalue weighted by Gasteiger charge is 2.26. The molecule has 1 aromatic heterocycles. The van der Waals surface area contributed by atoms with Crippen LogP contribution in [0, 0.1) is 10.1 Å². The van der Waals surface area contributed by atoms with Gasteiger partial charge in [-0.15, -0.1) is 0 Å². The first kappa shape index (κ1) is 19.0. The first-order chi connectivity index (χ1) is 13.0. The van der Waals surface area contributed by atoms with Gasteiger partial charge in [0.2, 0.25) is 5.95 Å². The molecular formula is C19H26N6O2. The van der Waals surface area contributed by atoms with Gasteiger partial charge in [-0.25, -0.2) is 4.98 Å². The Hall–Kier alpha value is -2.74. The molecule has 1 saturated carbocycles. The zero-order valence-corrected chi connectivity index (χ0v) is 15.8. The van der Waals surface area contributed by atoms with E-state index in [1.807, 2.05) is 12.1 Å². The Morgan fingerprint density at radius 3 is 2.74 bits per heavy atom. The Labute approximate surface area is 159 Å². The number of aromatic nitrogens is 2. The van der Waals surface area contributed by atoms with Gasteiger partial charge in [-0.05, 0) is 45.5 Å². The van der Waals surface area contributed by atoms with Crippen LogP contribution in [-0.2, 0) is 6.54 Å². The van der Waals surface area contributed by atoms with Crippen molar-refractivity contribution in [2.45, 2.75) is 31.7 Å². The molecule has 1 fully saturated rings. The van der Waals surface area contributed by atoms with Crippen LogP contribution in [0.3, 0.4) is 0 Å². The number of nitrogens with one attached hydrogen (secondary N) is 2. The summed E-state index contributed by atoms with van der Waals surface area (Å²) >= 11 is 0. The fourth-order valence-corrected chi connectivity index (χ4v) is 2.79. The molecule has 8 heteroatoms. The lowest BCUT2D eigenvalue weighted by Crippen LogP contribution is -2.17. The molecule has 2 aromatic rings. The van der Waals surface area contributed by atoms with Crippen molar-refractivity contribution in [2.75, 3.05) is 37.8 Å². The van der Waals surface area contributed by atoms with E-state index in [1.165, 1.54) is 18.9 Å². The van der Waals surface area contributed by atoms with Crippen molar-refractivity contribution in [3.05, 3.63) is 51.7 Å². The quantitative estimate of drug-likeness (QED) is 0.376. The van der Waals surface area contributed by atoms with Gasteiger partial charge in [-0.3, -0.25) is 10.1 Å². The third-order valence-corrected chi connectivity index (χ3v) is 4.40. The van der Waals surface area contributed by atoms with Crippen molar-refractivity contribution in [2.24, 2.45) is 0 Å². The van der Waals surface area contributed by atoms with Crippen LogP contribution < -0.4 is 10.6 Å². The molecule has 1 aromatic carbocycles. The van der Waals surface area contributed by atoms with Gasteiger partial charge < -0.3 is 15.5 Å². The molecule has 144 valence electrons. The van der Waals surface area contributed by atoms with Crippen molar-refractivity contribution in [1.29, 1.82) is 0 Å². The molecule has 0 saturated heterocycles. The van der Waals surface area contributed by atoms with E-state index in [9.17, 15) is 10.1 Å². The lowest BCUT2D eigenvalue weighted by molar-refractivity contribution is -0.384. The lowest BCUT2D eigenvalue weighted by Gasteiger charge is -2.12. The second-order valence-corrected chi connectivity index (χ2v) is 7.14. The average molecular weight is 370 g/mol. The average Bonchev–Trinajstić information content (AvgIpc) is 3.49. The predicted octanol–water partition coefficient (Wildman–Crippen LogP) is 3.24. The van der Waals surface area contributed by atoms with Crippen molar-refractivity contribution in [1.82, 2.24) is 14.9 Å². The summed E-state index contributed by atoms with van der Waals surface area (Å²) < 4.78 is 0. The second kappa shape index (κ2) is 8.77. The molecule has 0 bridgehead atoms. The summed E-state index contributed by atoms with van der Waals surface area (Å²) in [6.07, 6.45) is 3.35.